The molecule has 0 radical (unpaired) electrons. The average molecular weight is 242 g/mol. The van der Waals surface area contributed by atoms with Crippen molar-refractivity contribution >= 4 is 6.16 Å². The molecule has 0 amide bonds. The Morgan fingerprint density at radius 1 is 1.24 bits per heavy atom. The van der Waals surface area contributed by atoms with Crippen molar-refractivity contribution in [2.24, 2.45) is 5.41 Å². The molecule has 0 aromatic carbocycles. The highest BCUT2D eigenvalue weighted by Gasteiger charge is 2.28. The summed E-state index contributed by atoms with van der Waals surface area (Å²) < 4.78 is 10.8. The fraction of sp³-hybridized carbons (Fsp3) is 0.929. The van der Waals surface area contributed by atoms with Gasteiger partial charge in [0, 0.05) is 0 Å². The van der Waals surface area contributed by atoms with Crippen LogP contribution in [0.4, 0.5) is 4.79 Å². The van der Waals surface area contributed by atoms with Crippen LogP contribution in [0.3, 0.4) is 0 Å². The van der Waals surface area contributed by atoms with Crippen LogP contribution in [-0.4, -0.2) is 18.4 Å². The molecule has 0 saturated heterocycles. The van der Waals surface area contributed by atoms with E-state index in [1.165, 1.54) is 6.42 Å². The summed E-state index contributed by atoms with van der Waals surface area (Å²) in [5, 5.41) is 0. The predicted octanol–water partition coefficient (Wildman–Crippen LogP) is 4.30. The molecule has 0 heterocycles. The van der Waals surface area contributed by atoms with Crippen LogP contribution < -0.4 is 0 Å². The molecule has 1 saturated carbocycles. The van der Waals surface area contributed by atoms with Gasteiger partial charge in [-0.1, -0.05) is 34.1 Å². The van der Waals surface area contributed by atoms with Crippen molar-refractivity contribution in [3.8, 4) is 0 Å². The van der Waals surface area contributed by atoms with Crippen molar-refractivity contribution < 1.29 is 14.3 Å². The first kappa shape index (κ1) is 14.3. The van der Waals surface area contributed by atoms with Crippen LogP contribution in [0, 0.1) is 5.41 Å². The molecule has 1 fully saturated rings. The fourth-order valence-corrected chi connectivity index (χ4v) is 2.34. The number of ether oxygens (including phenoxy) is 2. The minimum Gasteiger partial charge on any atom is -0.431 e. The summed E-state index contributed by atoms with van der Waals surface area (Å²) in [6.45, 7) is 8.27. The van der Waals surface area contributed by atoms with Crippen LogP contribution in [0.2, 0.25) is 0 Å². The van der Waals surface area contributed by atoms with Crippen molar-refractivity contribution in [1.82, 2.24) is 0 Å². The van der Waals surface area contributed by atoms with Crippen molar-refractivity contribution in [3.63, 3.8) is 0 Å². The van der Waals surface area contributed by atoms with Gasteiger partial charge in [-0.05, 0) is 37.5 Å². The third kappa shape index (κ3) is 4.97. The second-order valence-corrected chi connectivity index (χ2v) is 6.01. The molecule has 100 valence electrons. The quantitative estimate of drug-likeness (QED) is 0.692. The van der Waals surface area contributed by atoms with Gasteiger partial charge in [0.15, 0.2) is 0 Å². The molecule has 0 aromatic heterocycles. The largest absolute Gasteiger partial charge is 0.508 e. The van der Waals surface area contributed by atoms with Crippen LogP contribution in [0.25, 0.3) is 0 Å². The monoisotopic (exact) mass is 242 g/mol. The van der Waals surface area contributed by atoms with Crippen LogP contribution in [0.5, 0.6) is 0 Å². The lowest BCUT2D eigenvalue weighted by molar-refractivity contribution is -0.0406. The highest BCUT2D eigenvalue weighted by atomic mass is 16.7. The number of hydrogen-bond acceptors (Lipinski definition) is 3. The van der Waals surface area contributed by atoms with Gasteiger partial charge in [-0.25, -0.2) is 4.79 Å². The summed E-state index contributed by atoms with van der Waals surface area (Å²) in [5.41, 5.74) is -0.0274. The Kier molecular flexibility index (Phi) is 5.29. The Bertz CT molecular complexity index is 236. The third-order valence-corrected chi connectivity index (χ3v) is 3.39. The van der Waals surface area contributed by atoms with Gasteiger partial charge in [-0.15, -0.1) is 0 Å². The molecule has 0 N–H and O–H groups in total. The summed E-state index contributed by atoms with van der Waals surface area (Å²) >= 11 is 0. The normalized spacial score (nSPS) is 19.8. The fourth-order valence-electron chi connectivity index (χ4n) is 2.34. The number of carbonyl (C=O) groups excluding carboxylic acids is 1. The Balaban J connectivity index is 2.37. The van der Waals surface area contributed by atoms with E-state index in [1.54, 1.807) is 0 Å². The molecule has 17 heavy (non-hydrogen) atoms. The molecular formula is C14H26O3. The van der Waals surface area contributed by atoms with Gasteiger partial charge in [0.2, 0.25) is 0 Å². The molecule has 3 heteroatoms. The summed E-state index contributed by atoms with van der Waals surface area (Å²) in [4.78, 5) is 11.7. The zero-order chi connectivity index (χ0) is 12.9. The molecule has 3 nitrogen and oxygen atoms in total. The second kappa shape index (κ2) is 6.27. The van der Waals surface area contributed by atoms with Crippen LogP contribution in [0.1, 0.15) is 66.2 Å². The lowest BCUT2D eigenvalue weighted by Crippen LogP contribution is -2.33. The van der Waals surface area contributed by atoms with E-state index in [9.17, 15) is 4.79 Å². The Labute approximate surface area is 105 Å². The maximum atomic E-state index is 11.7. The smallest absolute Gasteiger partial charge is 0.431 e. The highest BCUT2D eigenvalue weighted by Crippen LogP contribution is 2.26. The van der Waals surface area contributed by atoms with Gasteiger partial charge in [0.05, 0.1) is 0 Å². The first-order valence-corrected chi connectivity index (χ1v) is 6.80. The lowest BCUT2D eigenvalue weighted by Gasteiger charge is -2.30. The van der Waals surface area contributed by atoms with Crippen molar-refractivity contribution in [2.45, 2.75) is 78.4 Å². The van der Waals surface area contributed by atoms with Gasteiger partial charge >= 0.3 is 6.16 Å². The maximum Gasteiger partial charge on any atom is 0.508 e. The Morgan fingerprint density at radius 2 is 1.82 bits per heavy atom. The number of hydrogen-bond donors (Lipinski definition) is 0. The molecule has 0 aromatic rings. The lowest BCUT2D eigenvalue weighted by atomic mass is 9.87. The SMILES string of the molecule is CCC(OC(=O)OC1CCCCC1)C(C)(C)C. The Hall–Kier alpha value is -0.730. The van der Waals surface area contributed by atoms with E-state index in [4.69, 9.17) is 9.47 Å². The van der Waals surface area contributed by atoms with Crippen molar-refractivity contribution in [1.29, 1.82) is 0 Å². The summed E-state index contributed by atoms with van der Waals surface area (Å²) in [5.74, 6) is 0. The minimum atomic E-state index is -0.487. The number of carbonyl (C=O) groups is 1. The van der Waals surface area contributed by atoms with Gasteiger partial charge in [-0.3, -0.25) is 0 Å². The molecule has 0 aliphatic heterocycles. The topological polar surface area (TPSA) is 35.5 Å². The third-order valence-electron chi connectivity index (χ3n) is 3.39. The zero-order valence-corrected chi connectivity index (χ0v) is 11.6. The van der Waals surface area contributed by atoms with Gasteiger partial charge in [0.1, 0.15) is 12.2 Å². The van der Waals surface area contributed by atoms with Crippen molar-refractivity contribution in [2.75, 3.05) is 0 Å². The second-order valence-electron chi connectivity index (χ2n) is 6.01. The van der Waals surface area contributed by atoms with Crippen LogP contribution in [-0.2, 0) is 9.47 Å². The van der Waals surface area contributed by atoms with E-state index in [2.05, 4.69) is 20.8 Å². The van der Waals surface area contributed by atoms with E-state index >= 15 is 0 Å². The highest BCUT2D eigenvalue weighted by molar-refractivity contribution is 5.60. The molecule has 1 aliphatic rings. The summed E-state index contributed by atoms with van der Waals surface area (Å²) in [7, 11) is 0. The first-order valence-electron chi connectivity index (χ1n) is 6.80. The standard InChI is InChI=1S/C14H26O3/c1-5-12(14(2,3)4)17-13(15)16-11-9-7-6-8-10-11/h11-12H,5-10H2,1-4H3. The molecule has 1 unspecified atom stereocenters. The molecule has 0 bridgehead atoms. The number of rotatable bonds is 3. The molecular weight excluding hydrogens is 216 g/mol. The van der Waals surface area contributed by atoms with E-state index in [0.717, 1.165) is 32.1 Å². The molecule has 1 atom stereocenters. The minimum absolute atomic E-state index is 0.0274. The van der Waals surface area contributed by atoms with Gasteiger partial charge < -0.3 is 9.47 Å². The maximum absolute atomic E-state index is 11.7. The van der Waals surface area contributed by atoms with Crippen LogP contribution in [0.15, 0.2) is 0 Å². The van der Waals surface area contributed by atoms with Crippen molar-refractivity contribution in [3.05, 3.63) is 0 Å². The van der Waals surface area contributed by atoms with Gasteiger partial charge in [-0.2, -0.15) is 0 Å². The zero-order valence-electron chi connectivity index (χ0n) is 11.6. The first-order chi connectivity index (χ1) is 7.93. The van der Waals surface area contributed by atoms with Crippen LogP contribution >= 0.6 is 0 Å². The molecule has 1 rings (SSSR count). The summed E-state index contributed by atoms with van der Waals surface area (Å²) in [6, 6.07) is 0. The molecule has 0 spiro atoms. The van der Waals surface area contributed by atoms with E-state index in [0.29, 0.717) is 0 Å². The van der Waals surface area contributed by atoms with E-state index < -0.39 is 6.16 Å². The predicted molar refractivity (Wildman–Crippen MR) is 68.0 cm³/mol. The summed E-state index contributed by atoms with van der Waals surface area (Å²) in [6.07, 6.45) is 5.90. The Morgan fingerprint density at radius 3 is 2.29 bits per heavy atom. The van der Waals surface area contributed by atoms with E-state index in [1.807, 2.05) is 6.92 Å². The molecule has 1 aliphatic carbocycles. The van der Waals surface area contributed by atoms with Gasteiger partial charge in [0.25, 0.3) is 0 Å². The average Bonchev–Trinajstić information content (AvgIpc) is 2.25. The van der Waals surface area contributed by atoms with E-state index in [-0.39, 0.29) is 17.6 Å².